The first-order chi connectivity index (χ1) is 13.7. The highest BCUT2D eigenvalue weighted by molar-refractivity contribution is 5.89. The topological polar surface area (TPSA) is 65.8 Å². The van der Waals surface area contributed by atoms with E-state index < -0.39 is 0 Å². The second kappa shape index (κ2) is 8.68. The number of hydrogen-bond donors (Lipinski definition) is 1. The van der Waals surface area contributed by atoms with Gasteiger partial charge in [0.25, 0.3) is 0 Å². The van der Waals surface area contributed by atoms with Crippen LogP contribution in [-0.4, -0.2) is 53.3 Å². The van der Waals surface area contributed by atoms with Crippen LogP contribution < -0.4 is 5.32 Å². The second-order valence-corrected chi connectivity index (χ2v) is 8.81. The molecule has 1 aliphatic carbocycles. The normalized spacial score (nSPS) is 25.8. The summed E-state index contributed by atoms with van der Waals surface area (Å²) in [6.07, 6.45) is 12.0. The van der Waals surface area contributed by atoms with E-state index in [1.807, 2.05) is 12.1 Å². The Bertz CT molecular complexity index is 661. The molecule has 6 heteroatoms. The first-order valence-corrected chi connectivity index (χ1v) is 11.0. The van der Waals surface area contributed by atoms with E-state index in [9.17, 15) is 9.59 Å². The van der Waals surface area contributed by atoms with E-state index in [1.165, 1.54) is 51.4 Å². The van der Waals surface area contributed by atoms with Crippen LogP contribution in [-0.2, 0) is 16.1 Å². The van der Waals surface area contributed by atoms with Gasteiger partial charge in [0.15, 0.2) is 0 Å². The van der Waals surface area contributed by atoms with E-state index in [0.717, 1.165) is 25.4 Å². The van der Waals surface area contributed by atoms with Crippen LogP contribution in [0.4, 0.5) is 0 Å². The summed E-state index contributed by atoms with van der Waals surface area (Å²) in [7, 11) is 0. The molecule has 2 amide bonds. The Morgan fingerprint density at radius 1 is 1.14 bits per heavy atom. The summed E-state index contributed by atoms with van der Waals surface area (Å²) < 4.78 is 5.35. The fourth-order valence-corrected chi connectivity index (χ4v) is 5.27. The highest BCUT2D eigenvalue weighted by Crippen LogP contribution is 2.35. The fraction of sp³-hybridized carbons (Fsp3) is 0.727. The summed E-state index contributed by atoms with van der Waals surface area (Å²) in [6.45, 7) is 3.99. The van der Waals surface area contributed by atoms with Crippen LogP contribution >= 0.6 is 0 Å². The summed E-state index contributed by atoms with van der Waals surface area (Å²) in [6, 6.07) is 3.69. The van der Waals surface area contributed by atoms with Crippen LogP contribution in [0.3, 0.4) is 0 Å². The molecule has 1 aromatic rings. The second-order valence-electron chi connectivity index (χ2n) is 8.81. The van der Waals surface area contributed by atoms with Crippen LogP contribution in [0, 0.1) is 5.92 Å². The van der Waals surface area contributed by atoms with E-state index >= 15 is 0 Å². The van der Waals surface area contributed by atoms with Gasteiger partial charge in [0.1, 0.15) is 5.76 Å². The molecule has 6 nitrogen and oxygen atoms in total. The highest BCUT2D eigenvalue weighted by atomic mass is 16.3. The standard InChI is InChI=1S/C22H33N3O3/c26-20-14-18(15-24(20)16-19-8-7-13-28-19)21(27)23-17-22(9-3-1-4-10-22)25-11-5-2-6-12-25/h7-8,13,18H,1-6,9-12,14-17H2,(H,23,27). The van der Waals surface area contributed by atoms with E-state index in [0.29, 0.717) is 19.5 Å². The van der Waals surface area contributed by atoms with E-state index in [1.54, 1.807) is 11.2 Å². The average molecular weight is 388 g/mol. The van der Waals surface area contributed by atoms with Crippen LogP contribution in [0.15, 0.2) is 22.8 Å². The molecule has 154 valence electrons. The van der Waals surface area contributed by atoms with Crippen LogP contribution in [0.1, 0.15) is 63.5 Å². The molecule has 2 saturated heterocycles. The van der Waals surface area contributed by atoms with Gasteiger partial charge in [-0.1, -0.05) is 25.7 Å². The quantitative estimate of drug-likeness (QED) is 0.815. The molecule has 0 aromatic carbocycles. The monoisotopic (exact) mass is 387 g/mol. The zero-order valence-electron chi connectivity index (χ0n) is 16.8. The van der Waals surface area contributed by atoms with Crippen molar-refractivity contribution in [3.63, 3.8) is 0 Å². The maximum Gasteiger partial charge on any atom is 0.225 e. The predicted octanol–water partition coefficient (Wildman–Crippen LogP) is 2.93. The van der Waals surface area contributed by atoms with Crippen molar-refractivity contribution in [3.8, 4) is 0 Å². The number of hydrogen-bond acceptors (Lipinski definition) is 4. The van der Waals surface area contributed by atoms with E-state index in [-0.39, 0.29) is 23.3 Å². The third kappa shape index (κ3) is 4.27. The third-order valence-electron chi connectivity index (χ3n) is 6.91. The molecule has 0 radical (unpaired) electrons. The number of nitrogens with one attached hydrogen (secondary N) is 1. The molecular weight excluding hydrogens is 354 g/mol. The van der Waals surface area contributed by atoms with Crippen molar-refractivity contribution in [2.24, 2.45) is 5.92 Å². The van der Waals surface area contributed by atoms with Crippen molar-refractivity contribution in [1.29, 1.82) is 0 Å². The number of carbonyl (C=O) groups is 2. The van der Waals surface area contributed by atoms with Gasteiger partial charge in [-0.25, -0.2) is 0 Å². The van der Waals surface area contributed by atoms with Crippen LogP contribution in [0.5, 0.6) is 0 Å². The van der Waals surface area contributed by atoms with Gasteiger partial charge in [-0.3, -0.25) is 14.5 Å². The summed E-state index contributed by atoms with van der Waals surface area (Å²) in [5.74, 6) is 0.599. The third-order valence-corrected chi connectivity index (χ3v) is 6.91. The molecule has 1 saturated carbocycles. The van der Waals surface area contributed by atoms with Crippen molar-refractivity contribution in [1.82, 2.24) is 15.1 Å². The van der Waals surface area contributed by atoms with Gasteiger partial charge in [0.05, 0.1) is 18.7 Å². The first-order valence-electron chi connectivity index (χ1n) is 11.0. The minimum Gasteiger partial charge on any atom is -0.467 e. The Labute approximate surface area is 167 Å². The van der Waals surface area contributed by atoms with Crippen molar-refractivity contribution in [2.75, 3.05) is 26.2 Å². The molecule has 1 N–H and O–H groups in total. The van der Waals surface area contributed by atoms with Crippen molar-refractivity contribution in [3.05, 3.63) is 24.2 Å². The van der Waals surface area contributed by atoms with Gasteiger partial charge in [-0.05, 0) is 50.9 Å². The summed E-state index contributed by atoms with van der Waals surface area (Å²) in [5, 5.41) is 3.25. The predicted molar refractivity (Wildman–Crippen MR) is 106 cm³/mol. The zero-order chi connectivity index (χ0) is 19.4. The number of likely N-dealkylation sites (tertiary alicyclic amines) is 2. The van der Waals surface area contributed by atoms with Crippen LogP contribution in [0.2, 0.25) is 0 Å². The molecule has 3 heterocycles. The molecule has 28 heavy (non-hydrogen) atoms. The Morgan fingerprint density at radius 2 is 1.89 bits per heavy atom. The van der Waals surface area contributed by atoms with Gasteiger partial charge in [-0.2, -0.15) is 0 Å². The lowest BCUT2D eigenvalue weighted by atomic mass is 9.79. The van der Waals surface area contributed by atoms with Crippen molar-refractivity contribution < 1.29 is 14.0 Å². The van der Waals surface area contributed by atoms with Gasteiger partial charge in [-0.15, -0.1) is 0 Å². The van der Waals surface area contributed by atoms with Crippen molar-refractivity contribution in [2.45, 2.75) is 69.9 Å². The van der Waals surface area contributed by atoms with Crippen molar-refractivity contribution >= 4 is 11.8 Å². The Balaban J connectivity index is 1.34. The van der Waals surface area contributed by atoms with Crippen LogP contribution in [0.25, 0.3) is 0 Å². The molecule has 1 aromatic heterocycles. The number of amides is 2. The minimum absolute atomic E-state index is 0.0391. The zero-order valence-corrected chi connectivity index (χ0v) is 16.8. The Hall–Kier alpha value is -1.82. The van der Waals surface area contributed by atoms with Gasteiger partial charge in [0.2, 0.25) is 11.8 Å². The number of carbonyl (C=O) groups excluding carboxylic acids is 2. The summed E-state index contributed by atoms with van der Waals surface area (Å²) in [5.41, 5.74) is 0.130. The number of furan rings is 1. The average Bonchev–Trinajstić information content (AvgIpc) is 3.38. The SMILES string of the molecule is O=C(NCC1(N2CCCCC2)CCCCC1)C1CC(=O)N(Cc2ccco2)C1. The maximum absolute atomic E-state index is 12.9. The molecule has 0 bridgehead atoms. The van der Waals surface area contributed by atoms with E-state index in [4.69, 9.17) is 4.42 Å². The molecule has 3 aliphatic rings. The highest BCUT2D eigenvalue weighted by Gasteiger charge is 2.40. The molecule has 3 fully saturated rings. The lowest BCUT2D eigenvalue weighted by Crippen LogP contribution is -2.58. The smallest absolute Gasteiger partial charge is 0.225 e. The maximum atomic E-state index is 12.9. The Morgan fingerprint density at radius 3 is 2.61 bits per heavy atom. The number of nitrogens with zero attached hydrogens (tertiary/aromatic N) is 2. The number of rotatable bonds is 6. The molecule has 1 unspecified atom stereocenters. The molecular formula is C22H33N3O3. The van der Waals surface area contributed by atoms with Gasteiger partial charge in [0, 0.05) is 25.0 Å². The largest absolute Gasteiger partial charge is 0.467 e. The van der Waals surface area contributed by atoms with E-state index in [2.05, 4.69) is 10.2 Å². The molecule has 1 atom stereocenters. The van der Waals surface area contributed by atoms with Gasteiger partial charge < -0.3 is 14.6 Å². The molecule has 4 rings (SSSR count). The first kappa shape index (κ1) is 19.5. The summed E-state index contributed by atoms with van der Waals surface area (Å²) in [4.78, 5) is 29.6. The lowest BCUT2D eigenvalue weighted by molar-refractivity contribution is -0.129. The summed E-state index contributed by atoms with van der Waals surface area (Å²) >= 11 is 0. The molecule has 2 aliphatic heterocycles. The lowest BCUT2D eigenvalue weighted by Gasteiger charge is -2.48. The fourth-order valence-electron chi connectivity index (χ4n) is 5.27. The Kier molecular flexibility index (Phi) is 6.04. The number of piperidine rings is 1. The van der Waals surface area contributed by atoms with Gasteiger partial charge >= 0.3 is 0 Å². The minimum atomic E-state index is -0.246. The molecule has 0 spiro atoms.